The van der Waals surface area contributed by atoms with Gasteiger partial charge in [-0.05, 0) is 12.1 Å². The van der Waals surface area contributed by atoms with Gasteiger partial charge in [-0.1, -0.05) is 0 Å². The van der Waals surface area contributed by atoms with Crippen molar-refractivity contribution in [1.82, 2.24) is 9.55 Å². The van der Waals surface area contributed by atoms with Crippen LogP contribution in [-0.2, 0) is 6.54 Å². The standard InChI is InChI=1S/C9H7N3/c1-2-9-11-3-4-12(9)8-6-10-5-7(1)8/h1-3,5-6H,4H2. The molecule has 0 aliphatic carbocycles. The van der Waals surface area contributed by atoms with Crippen molar-refractivity contribution in [3.8, 4) is 11.3 Å². The molecule has 3 rings (SSSR count). The van der Waals surface area contributed by atoms with Gasteiger partial charge in [0.2, 0.25) is 0 Å². The number of aromatic nitrogens is 2. The largest absolute Gasteiger partial charge is 0.319 e. The lowest BCUT2D eigenvalue weighted by Gasteiger charge is -2.07. The molecule has 0 aromatic heterocycles. The topological polar surface area (TPSA) is 30.2 Å². The van der Waals surface area contributed by atoms with Crippen LogP contribution in [0.15, 0.2) is 29.5 Å². The van der Waals surface area contributed by atoms with Crippen molar-refractivity contribution in [1.29, 1.82) is 0 Å². The lowest BCUT2D eigenvalue weighted by Crippen LogP contribution is -1.97. The molecule has 0 bridgehead atoms. The van der Waals surface area contributed by atoms with Crippen molar-refractivity contribution in [3.63, 3.8) is 0 Å². The quantitative estimate of drug-likeness (QED) is 0.572. The molecule has 0 N–H and O–H groups in total. The minimum Gasteiger partial charge on any atom is -0.319 e. The lowest BCUT2D eigenvalue weighted by molar-refractivity contribution is 0.900. The molecular weight excluding hydrogens is 150 g/mol. The Balaban J connectivity index is 2.41. The summed E-state index contributed by atoms with van der Waals surface area (Å²) in [5, 5.41) is 0. The highest BCUT2D eigenvalue weighted by atomic mass is 15.1. The maximum atomic E-state index is 4.24. The van der Waals surface area contributed by atoms with Crippen molar-refractivity contribution in [2.75, 3.05) is 0 Å². The third-order valence-electron chi connectivity index (χ3n) is 2.17. The summed E-state index contributed by atoms with van der Waals surface area (Å²) < 4.78 is 2.16. The van der Waals surface area contributed by atoms with E-state index in [1.165, 1.54) is 11.3 Å². The molecule has 0 saturated carbocycles. The average molecular weight is 157 g/mol. The van der Waals surface area contributed by atoms with Crippen LogP contribution in [0.4, 0.5) is 5.82 Å². The van der Waals surface area contributed by atoms with Crippen LogP contribution in [0, 0.1) is 0 Å². The van der Waals surface area contributed by atoms with E-state index in [4.69, 9.17) is 0 Å². The molecule has 58 valence electrons. The van der Waals surface area contributed by atoms with E-state index >= 15 is 0 Å². The van der Waals surface area contributed by atoms with Gasteiger partial charge in [-0.3, -0.25) is 4.98 Å². The first-order valence-corrected chi connectivity index (χ1v) is 3.91. The summed E-state index contributed by atoms with van der Waals surface area (Å²) in [5.74, 6) is 1.02. The minimum atomic E-state index is 0.873. The summed E-state index contributed by atoms with van der Waals surface area (Å²) in [6.07, 6.45) is 5.68. The molecule has 0 aromatic carbocycles. The zero-order valence-electron chi connectivity index (χ0n) is 6.44. The number of hydrogen-bond donors (Lipinski definition) is 0. The van der Waals surface area contributed by atoms with Crippen LogP contribution in [0.25, 0.3) is 11.3 Å². The molecule has 0 spiro atoms. The van der Waals surface area contributed by atoms with Crippen LogP contribution in [0.1, 0.15) is 0 Å². The van der Waals surface area contributed by atoms with E-state index in [2.05, 4.69) is 20.6 Å². The summed E-state index contributed by atoms with van der Waals surface area (Å²) in [4.78, 5) is 8.34. The SMILES string of the molecule is C1=Nc2ccc3cncc-3n2C1. The van der Waals surface area contributed by atoms with Crippen LogP contribution in [0.3, 0.4) is 0 Å². The predicted molar refractivity (Wildman–Crippen MR) is 47.0 cm³/mol. The molecule has 3 heterocycles. The average Bonchev–Trinajstić information content (AvgIpc) is 2.71. The highest BCUT2D eigenvalue weighted by molar-refractivity contribution is 5.73. The fraction of sp³-hybridized carbons (Fsp3) is 0.111. The van der Waals surface area contributed by atoms with Gasteiger partial charge in [0.15, 0.2) is 0 Å². The maximum absolute atomic E-state index is 4.24. The van der Waals surface area contributed by atoms with E-state index in [1.807, 2.05) is 24.7 Å². The Kier molecular flexibility index (Phi) is 0.961. The summed E-state index contributed by atoms with van der Waals surface area (Å²) in [7, 11) is 0. The number of nitrogens with zero attached hydrogens (tertiary/aromatic N) is 3. The molecule has 12 heavy (non-hydrogen) atoms. The lowest BCUT2D eigenvalue weighted by atomic mass is 10.2. The maximum Gasteiger partial charge on any atom is 0.133 e. The molecule has 0 aromatic rings. The number of hydrogen-bond acceptors (Lipinski definition) is 2. The van der Waals surface area contributed by atoms with Crippen LogP contribution in [0.2, 0.25) is 0 Å². The minimum absolute atomic E-state index is 0.873. The monoisotopic (exact) mass is 157 g/mol. The number of aliphatic imine (C=N–C) groups is 1. The van der Waals surface area contributed by atoms with Crippen LogP contribution in [0.5, 0.6) is 0 Å². The van der Waals surface area contributed by atoms with Crippen molar-refractivity contribution in [3.05, 3.63) is 24.5 Å². The molecule has 3 aliphatic heterocycles. The van der Waals surface area contributed by atoms with Gasteiger partial charge in [0.1, 0.15) is 5.82 Å². The molecule has 3 heteroatoms. The summed E-state index contributed by atoms with van der Waals surface area (Å²) in [5.41, 5.74) is 2.36. The zero-order chi connectivity index (χ0) is 7.97. The molecule has 0 saturated heterocycles. The van der Waals surface area contributed by atoms with Crippen molar-refractivity contribution in [2.24, 2.45) is 4.99 Å². The second kappa shape index (κ2) is 1.94. The molecule has 0 unspecified atom stereocenters. The Hall–Kier alpha value is -1.64. The molecular formula is C9H7N3. The van der Waals surface area contributed by atoms with Gasteiger partial charge >= 0.3 is 0 Å². The third-order valence-corrected chi connectivity index (χ3v) is 2.17. The van der Waals surface area contributed by atoms with E-state index in [0.29, 0.717) is 0 Å². The van der Waals surface area contributed by atoms with Gasteiger partial charge < -0.3 is 4.57 Å². The van der Waals surface area contributed by atoms with E-state index < -0.39 is 0 Å². The summed E-state index contributed by atoms with van der Waals surface area (Å²) in [6.45, 7) is 0.873. The van der Waals surface area contributed by atoms with Gasteiger partial charge in [0, 0.05) is 18.0 Å². The van der Waals surface area contributed by atoms with E-state index in [0.717, 1.165) is 12.4 Å². The normalized spacial score (nSPS) is 14.0. The summed E-state index contributed by atoms with van der Waals surface area (Å²) >= 11 is 0. The number of rotatable bonds is 0. The molecule has 0 fully saturated rings. The highest BCUT2D eigenvalue weighted by Gasteiger charge is 2.12. The first-order chi connectivity index (χ1) is 5.95. The molecule has 0 radical (unpaired) electrons. The zero-order valence-corrected chi connectivity index (χ0v) is 6.44. The van der Waals surface area contributed by atoms with Crippen molar-refractivity contribution in [2.45, 2.75) is 6.54 Å². The Labute approximate surface area is 69.7 Å². The fourth-order valence-electron chi connectivity index (χ4n) is 1.58. The predicted octanol–water partition coefficient (Wildman–Crippen LogP) is 1.70. The van der Waals surface area contributed by atoms with E-state index in [9.17, 15) is 0 Å². The van der Waals surface area contributed by atoms with Crippen LogP contribution >= 0.6 is 0 Å². The Bertz CT molecular complexity index is 428. The first kappa shape index (κ1) is 5.94. The first-order valence-electron chi connectivity index (χ1n) is 3.91. The Morgan fingerprint density at radius 1 is 1.25 bits per heavy atom. The Morgan fingerprint density at radius 2 is 2.25 bits per heavy atom. The van der Waals surface area contributed by atoms with Crippen LogP contribution in [-0.4, -0.2) is 15.8 Å². The highest BCUT2D eigenvalue weighted by Crippen LogP contribution is 2.28. The summed E-state index contributed by atoms with van der Waals surface area (Å²) in [6, 6.07) is 4.07. The van der Waals surface area contributed by atoms with E-state index in [1.54, 1.807) is 0 Å². The van der Waals surface area contributed by atoms with Gasteiger partial charge in [0.25, 0.3) is 0 Å². The molecule has 3 aliphatic rings. The molecule has 3 nitrogen and oxygen atoms in total. The second-order valence-electron chi connectivity index (χ2n) is 2.86. The second-order valence-corrected chi connectivity index (χ2v) is 2.86. The van der Waals surface area contributed by atoms with Crippen molar-refractivity contribution >= 4 is 12.0 Å². The third kappa shape index (κ3) is 0.605. The van der Waals surface area contributed by atoms with Gasteiger partial charge in [0.05, 0.1) is 18.4 Å². The van der Waals surface area contributed by atoms with Crippen molar-refractivity contribution < 1.29 is 0 Å². The smallest absolute Gasteiger partial charge is 0.133 e. The van der Waals surface area contributed by atoms with Gasteiger partial charge in [-0.2, -0.15) is 0 Å². The van der Waals surface area contributed by atoms with E-state index in [-0.39, 0.29) is 0 Å². The number of fused-ring (bicyclic) bond motifs is 3. The van der Waals surface area contributed by atoms with Gasteiger partial charge in [-0.25, -0.2) is 4.99 Å². The fourth-order valence-corrected chi connectivity index (χ4v) is 1.58. The Morgan fingerprint density at radius 3 is 3.25 bits per heavy atom. The molecule has 0 amide bonds. The molecule has 0 atom stereocenters. The van der Waals surface area contributed by atoms with Gasteiger partial charge in [-0.15, -0.1) is 0 Å². The number of pyridine rings is 1. The van der Waals surface area contributed by atoms with Crippen LogP contribution < -0.4 is 0 Å².